The van der Waals surface area contributed by atoms with E-state index in [-0.39, 0.29) is 23.6 Å². The average molecular weight is 460 g/mol. The largest absolute Gasteiger partial charge is 0.507 e. The van der Waals surface area contributed by atoms with Gasteiger partial charge in [0.15, 0.2) is 5.17 Å². The Morgan fingerprint density at radius 3 is 2.48 bits per heavy atom. The Labute approximate surface area is 197 Å². The highest BCUT2D eigenvalue weighted by Gasteiger charge is 2.34. The topological polar surface area (TPSA) is 78.4 Å². The molecule has 6 nitrogen and oxygen atoms in total. The van der Waals surface area contributed by atoms with Gasteiger partial charge in [-0.2, -0.15) is 5.10 Å². The zero-order chi connectivity index (χ0) is 23.4. The molecular weight excluding hydrogens is 434 g/mol. The number of rotatable bonds is 5. The number of aromatic hydroxyl groups is 1. The first-order valence-electron chi connectivity index (χ1n) is 10.5. The second-order valence-electron chi connectivity index (χ2n) is 8.64. The monoisotopic (exact) mass is 459 g/mol. The van der Waals surface area contributed by atoms with Crippen LogP contribution in [0, 0.1) is 0 Å². The summed E-state index contributed by atoms with van der Waals surface area (Å²) in [6.45, 7) is 6.75. The van der Waals surface area contributed by atoms with Crippen LogP contribution in [0.2, 0.25) is 0 Å². The number of para-hydroxylation sites is 1. The van der Waals surface area contributed by atoms with E-state index in [9.17, 15) is 9.90 Å². The quantitative estimate of drug-likeness (QED) is 0.298. The number of carbonyl (C=O) groups is 1. The second kappa shape index (κ2) is 9.50. The summed E-state index contributed by atoms with van der Waals surface area (Å²) in [6.07, 6.45) is 4.90. The summed E-state index contributed by atoms with van der Waals surface area (Å²) < 4.78 is 5.42. The van der Waals surface area contributed by atoms with Gasteiger partial charge in [0.2, 0.25) is 0 Å². The number of phenols is 1. The van der Waals surface area contributed by atoms with Crippen molar-refractivity contribution in [2.24, 2.45) is 10.2 Å². The minimum absolute atomic E-state index is 0.0824. The number of amidine groups is 1. The Kier molecular flexibility index (Phi) is 6.51. The average Bonchev–Trinajstić information content (AvgIpc) is 3.39. The molecule has 0 bridgehead atoms. The highest BCUT2D eigenvalue weighted by atomic mass is 32.2. The van der Waals surface area contributed by atoms with E-state index < -0.39 is 0 Å². The van der Waals surface area contributed by atoms with E-state index in [4.69, 9.17) is 4.42 Å². The van der Waals surface area contributed by atoms with Crippen LogP contribution < -0.4 is 0 Å². The predicted molar refractivity (Wildman–Crippen MR) is 133 cm³/mol. The third-order valence-corrected chi connectivity index (χ3v) is 6.13. The van der Waals surface area contributed by atoms with Crippen molar-refractivity contribution in [2.75, 3.05) is 0 Å². The summed E-state index contributed by atoms with van der Waals surface area (Å²) in [5, 5.41) is 19.1. The molecule has 2 heterocycles. The smallest absolute Gasteiger partial charge is 0.267 e. The van der Waals surface area contributed by atoms with Crippen molar-refractivity contribution >= 4 is 35.1 Å². The molecule has 1 amide bonds. The molecule has 0 saturated carbocycles. The van der Waals surface area contributed by atoms with Crippen LogP contribution in [0.1, 0.15) is 43.2 Å². The summed E-state index contributed by atoms with van der Waals surface area (Å²) in [7, 11) is 0. The fourth-order valence-corrected chi connectivity index (χ4v) is 4.17. The molecule has 33 heavy (non-hydrogen) atoms. The van der Waals surface area contributed by atoms with Crippen molar-refractivity contribution in [1.29, 1.82) is 0 Å². The fourth-order valence-electron chi connectivity index (χ4n) is 3.25. The van der Waals surface area contributed by atoms with Crippen LogP contribution in [0.3, 0.4) is 0 Å². The molecule has 0 spiro atoms. The van der Waals surface area contributed by atoms with Gasteiger partial charge in [-0.05, 0) is 52.6 Å². The van der Waals surface area contributed by atoms with Crippen LogP contribution in [-0.4, -0.2) is 27.3 Å². The molecule has 0 aliphatic carbocycles. The number of nitrogens with zero attached hydrogens (tertiary/aromatic N) is 3. The van der Waals surface area contributed by atoms with E-state index in [1.54, 1.807) is 55.0 Å². The molecule has 1 aromatic heterocycles. The molecule has 2 aromatic carbocycles. The van der Waals surface area contributed by atoms with Crippen LogP contribution in [0.15, 0.2) is 86.5 Å². The molecule has 3 aromatic rings. The van der Waals surface area contributed by atoms with Gasteiger partial charge in [-0.1, -0.05) is 63.2 Å². The van der Waals surface area contributed by atoms with Crippen molar-refractivity contribution in [1.82, 2.24) is 4.90 Å². The molecule has 7 heteroatoms. The van der Waals surface area contributed by atoms with E-state index in [2.05, 4.69) is 43.1 Å². The normalized spacial score (nSPS) is 17.1. The van der Waals surface area contributed by atoms with Crippen molar-refractivity contribution in [3.8, 4) is 5.75 Å². The summed E-state index contributed by atoms with van der Waals surface area (Å²) in [4.78, 5) is 15.1. The Hall–Kier alpha value is -3.58. The lowest BCUT2D eigenvalue weighted by Crippen LogP contribution is -2.28. The van der Waals surface area contributed by atoms with E-state index in [0.717, 1.165) is 5.56 Å². The molecule has 1 aliphatic rings. The van der Waals surface area contributed by atoms with Gasteiger partial charge in [-0.25, -0.2) is 0 Å². The first-order chi connectivity index (χ1) is 15.8. The molecule has 1 saturated heterocycles. The molecule has 168 valence electrons. The summed E-state index contributed by atoms with van der Waals surface area (Å²) in [5.41, 5.74) is 2.81. The maximum atomic E-state index is 13.1. The molecule has 1 aliphatic heterocycles. The van der Waals surface area contributed by atoms with Crippen molar-refractivity contribution < 1.29 is 14.3 Å². The zero-order valence-electron chi connectivity index (χ0n) is 18.7. The maximum Gasteiger partial charge on any atom is 0.267 e. The van der Waals surface area contributed by atoms with Gasteiger partial charge >= 0.3 is 0 Å². The Morgan fingerprint density at radius 1 is 1.06 bits per heavy atom. The van der Waals surface area contributed by atoms with Crippen LogP contribution in [0.25, 0.3) is 6.08 Å². The standard InChI is InChI=1S/C26H25N3O3S/c1-26(2,3)20-12-10-18(11-13-20)16-27-28-25-29(17-21-8-6-14-32-21)24(31)23(33-25)15-19-7-4-5-9-22(19)30/h4-16,30H,17H2,1-3H3/b23-15-,27-16-,28-25+. The molecule has 0 unspecified atom stereocenters. The summed E-state index contributed by atoms with van der Waals surface area (Å²) >= 11 is 1.21. The highest BCUT2D eigenvalue weighted by Crippen LogP contribution is 2.35. The summed E-state index contributed by atoms with van der Waals surface area (Å²) in [6, 6.07) is 18.6. The number of benzene rings is 2. The van der Waals surface area contributed by atoms with E-state index in [1.807, 2.05) is 12.1 Å². The lowest BCUT2D eigenvalue weighted by molar-refractivity contribution is -0.122. The van der Waals surface area contributed by atoms with Gasteiger partial charge < -0.3 is 9.52 Å². The molecular formula is C26H25N3O3S. The number of amides is 1. The third-order valence-electron chi connectivity index (χ3n) is 5.13. The molecule has 0 radical (unpaired) electrons. The highest BCUT2D eigenvalue weighted by molar-refractivity contribution is 8.18. The van der Waals surface area contributed by atoms with E-state index in [0.29, 0.717) is 21.4 Å². The minimum atomic E-state index is -0.219. The number of hydrogen-bond acceptors (Lipinski definition) is 6. The van der Waals surface area contributed by atoms with E-state index in [1.165, 1.54) is 22.2 Å². The SMILES string of the molecule is CC(C)(C)c1ccc(/C=N\N=C2\S/C(=C\c3ccccc3O)C(=O)N2Cc2ccco2)cc1. The predicted octanol–water partition coefficient (Wildman–Crippen LogP) is 5.79. The second-order valence-corrected chi connectivity index (χ2v) is 9.65. The van der Waals surface area contributed by atoms with Gasteiger partial charge in [0.25, 0.3) is 5.91 Å². The van der Waals surface area contributed by atoms with Crippen LogP contribution >= 0.6 is 11.8 Å². The molecule has 1 fully saturated rings. The third kappa shape index (κ3) is 5.43. The Bertz CT molecular complexity index is 1220. The van der Waals surface area contributed by atoms with Crippen LogP contribution in [0.5, 0.6) is 5.75 Å². The number of thioether (sulfide) groups is 1. The van der Waals surface area contributed by atoms with Gasteiger partial charge in [-0.3, -0.25) is 9.69 Å². The fraction of sp³-hybridized carbons (Fsp3) is 0.192. The zero-order valence-corrected chi connectivity index (χ0v) is 19.5. The van der Waals surface area contributed by atoms with Crippen LogP contribution in [0.4, 0.5) is 0 Å². The van der Waals surface area contributed by atoms with Crippen molar-refractivity contribution in [3.63, 3.8) is 0 Å². The maximum absolute atomic E-state index is 13.1. The Balaban J connectivity index is 1.59. The molecule has 4 rings (SSSR count). The summed E-state index contributed by atoms with van der Waals surface area (Å²) in [5.74, 6) is 0.531. The molecule has 0 atom stereocenters. The molecule has 1 N–H and O–H groups in total. The number of furan rings is 1. The number of phenolic OH excluding ortho intramolecular Hbond substituents is 1. The first-order valence-corrected chi connectivity index (χ1v) is 11.4. The van der Waals surface area contributed by atoms with Gasteiger partial charge in [-0.15, -0.1) is 5.10 Å². The first kappa shape index (κ1) is 22.6. The Morgan fingerprint density at radius 2 is 1.82 bits per heavy atom. The van der Waals surface area contributed by atoms with Crippen LogP contribution in [-0.2, 0) is 16.8 Å². The van der Waals surface area contributed by atoms with E-state index >= 15 is 0 Å². The van der Waals surface area contributed by atoms with Crippen molar-refractivity contribution in [3.05, 3.63) is 94.3 Å². The van der Waals surface area contributed by atoms with Crippen molar-refractivity contribution in [2.45, 2.75) is 32.7 Å². The number of hydrogen-bond donors (Lipinski definition) is 1. The van der Waals surface area contributed by atoms with Gasteiger partial charge in [0.05, 0.1) is 23.9 Å². The lowest BCUT2D eigenvalue weighted by atomic mass is 9.87. The van der Waals surface area contributed by atoms with Gasteiger partial charge in [0.1, 0.15) is 11.5 Å². The lowest BCUT2D eigenvalue weighted by Gasteiger charge is -2.18. The number of carbonyl (C=O) groups excluding carboxylic acids is 1. The minimum Gasteiger partial charge on any atom is -0.507 e. The van der Waals surface area contributed by atoms with Gasteiger partial charge in [0, 0.05) is 5.56 Å².